The molecule has 0 aliphatic rings. The first-order valence-corrected chi connectivity index (χ1v) is 9.17. The fraction of sp³-hybridized carbons (Fsp3) is 0.444. The van der Waals surface area contributed by atoms with Crippen LogP contribution in [0.25, 0.3) is 11.3 Å². The number of aromatic amines is 1. The number of benzene rings is 1. The first-order valence-electron chi connectivity index (χ1n) is 8.35. The van der Waals surface area contributed by atoms with Gasteiger partial charge < -0.3 is 10.3 Å². The number of aromatic nitrogens is 1. The molecule has 0 spiro atoms. The highest BCUT2D eigenvalue weighted by atomic mass is 32.1. The number of thiazole rings is 1. The summed E-state index contributed by atoms with van der Waals surface area (Å²) in [6, 6.07) is 7.58. The minimum absolute atomic E-state index is 0.0436. The van der Waals surface area contributed by atoms with Gasteiger partial charge in [-0.15, -0.1) is 0 Å². The van der Waals surface area contributed by atoms with E-state index in [2.05, 4.69) is 29.0 Å². The van der Waals surface area contributed by atoms with Gasteiger partial charge in [0.05, 0.1) is 5.69 Å². The summed E-state index contributed by atoms with van der Waals surface area (Å²) >= 11 is 1.27. The fourth-order valence-electron chi connectivity index (χ4n) is 2.77. The van der Waals surface area contributed by atoms with Gasteiger partial charge in [-0.25, -0.2) is 0 Å². The average molecular weight is 347 g/mol. The predicted molar refractivity (Wildman–Crippen MR) is 101 cm³/mol. The summed E-state index contributed by atoms with van der Waals surface area (Å²) in [7, 11) is 0. The zero-order valence-corrected chi connectivity index (χ0v) is 15.3. The van der Waals surface area contributed by atoms with E-state index in [-0.39, 0.29) is 10.8 Å². The molecule has 24 heavy (non-hydrogen) atoms. The van der Waals surface area contributed by atoms with Gasteiger partial charge in [-0.2, -0.15) is 0 Å². The predicted octanol–water partition coefficient (Wildman–Crippen LogP) is 3.68. The molecule has 6 heteroatoms. The van der Waals surface area contributed by atoms with Crippen LogP contribution in [0.1, 0.15) is 38.5 Å². The summed E-state index contributed by atoms with van der Waals surface area (Å²) in [5.74, 6) is -0.108. The largest absolute Gasteiger partial charge is 0.326 e. The van der Waals surface area contributed by atoms with Gasteiger partial charge >= 0.3 is 4.87 Å². The molecule has 2 aromatic rings. The summed E-state index contributed by atoms with van der Waals surface area (Å²) in [4.78, 5) is 29.5. The molecule has 0 bridgehead atoms. The molecular weight excluding hydrogens is 322 g/mol. The molecule has 5 nitrogen and oxygen atoms in total. The van der Waals surface area contributed by atoms with Crippen LogP contribution < -0.4 is 10.2 Å². The Balaban J connectivity index is 2.31. The second-order valence-corrected chi connectivity index (χ2v) is 6.92. The van der Waals surface area contributed by atoms with Crippen molar-refractivity contribution >= 4 is 22.9 Å². The Hall–Kier alpha value is -1.92. The third kappa shape index (κ3) is 5.04. The molecule has 1 aromatic heterocycles. The van der Waals surface area contributed by atoms with Crippen molar-refractivity contribution in [1.29, 1.82) is 0 Å². The van der Waals surface area contributed by atoms with Crippen molar-refractivity contribution in [2.75, 3.05) is 18.4 Å². The Morgan fingerprint density at radius 3 is 2.58 bits per heavy atom. The van der Waals surface area contributed by atoms with Crippen molar-refractivity contribution in [2.24, 2.45) is 0 Å². The van der Waals surface area contributed by atoms with Crippen LogP contribution in [0, 0.1) is 0 Å². The third-order valence-corrected chi connectivity index (χ3v) is 4.51. The number of nitrogens with zero attached hydrogens (tertiary/aromatic N) is 1. The number of hydrogen-bond acceptors (Lipinski definition) is 4. The Morgan fingerprint density at radius 2 is 1.96 bits per heavy atom. The van der Waals surface area contributed by atoms with E-state index in [0.717, 1.165) is 54.3 Å². The standard InChI is InChI=1S/C18H25N3O2S/c1-4-9-21(10-5-2)12-16-17(20-18(23)24-16)14-7-6-8-15(11-14)19-13(3)22/h6-8,11H,4-5,9-10,12H2,1-3H3,(H,19,22)(H,20,23). The number of nitrogens with one attached hydrogen (secondary N) is 2. The maximum absolute atomic E-state index is 11.9. The van der Waals surface area contributed by atoms with Gasteiger partial charge in [0, 0.05) is 29.6 Å². The molecule has 2 rings (SSSR count). The first kappa shape index (κ1) is 18.4. The summed E-state index contributed by atoms with van der Waals surface area (Å²) in [5.41, 5.74) is 2.51. The monoisotopic (exact) mass is 347 g/mol. The molecule has 2 N–H and O–H groups in total. The van der Waals surface area contributed by atoms with Crippen LogP contribution in [0.4, 0.5) is 5.69 Å². The highest BCUT2D eigenvalue weighted by Gasteiger charge is 2.14. The van der Waals surface area contributed by atoms with E-state index in [0.29, 0.717) is 0 Å². The molecule has 1 aromatic carbocycles. The van der Waals surface area contributed by atoms with Crippen LogP contribution in [0.2, 0.25) is 0 Å². The number of amides is 1. The van der Waals surface area contributed by atoms with Crippen LogP contribution in [0.3, 0.4) is 0 Å². The molecule has 0 atom stereocenters. The number of carbonyl (C=O) groups excluding carboxylic acids is 1. The van der Waals surface area contributed by atoms with E-state index in [1.54, 1.807) is 0 Å². The van der Waals surface area contributed by atoms with Crippen LogP contribution in [0.5, 0.6) is 0 Å². The summed E-state index contributed by atoms with van der Waals surface area (Å²) in [5, 5.41) is 2.78. The lowest BCUT2D eigenvalue weighted by molar-refractivity contribution is -0.114. The Morgan fingerprint density at radius 1 is 1.25 bits per heavy atom. The zero-order chi connectivity index (χ0) is 17.5. The van der Waals surface area contributed by atoms with Crippen LogP contribution in [-0.2, 0) is 11.3 Å². The quantitative estimate of drug-likeness (QED) is 0.765. The molecule has 0 fully saturated rings. The van der Waals surface area contributed by atoms with Crippen molar-refractivity contribution in [3.63, 3.8) is 0 Å². The minimum atomic E-state index is -0.108. The minimum Gasteiger partial charge on any atom is -0.326 e. The van der Waals surface area contributed by atoms with Gasteiger partial charge in [0.15, 0.2) is 0 Å². The molecule has 130 valence electrons. The maximum Gasteiger partial charge on any atom is 0.305 e. The van der Waals surface area contributed by atoms with E-state index in [9.17, 15) is 9.59 Å². The number of rotatable bonds is 8. The smallest absolute Gasteiger partial charge is 0.305 e. The third-order valence-electron chi connectivity index (χ3n) is 3.64. The van der Waals surface area contributed by atoms with E-state index in [1.807, 2.05) is 24.3 Å². The van der Waals surface area contributed by atoms with Gasteiger partial charge in [0.1, 0.15) is 0 Å². The van der Waals surface area contributed by atoms with Gasteiger partial charge in [-0.05, 0) is 38.1 Å². The molecular formula is C18H25N3O2S. The van der Waals surface area contributed by atoms with Crippen LogP contribution >= 0.6 is 11.3 Å². The molecule has 0 aliphatic carbocycles. The lowest BCUT2D eigenvalue weighted by atomic mass is 10.1. The molecule has 0 unspecified atom stereocenters. The van der Waals surface area contributed by atoms with Crippen molar-refractivity contribution in [2.45, 2.75) is 40.2 Å². The number of anilines is 1. The van der Waals surface area contributed by atoms with Gasteiger partial charge in [-0.1, -0.05) is 37.3 Å². The second kappa shape index (κ2) is 8.80. The Labute approximate surface area is 146 Å². The zero-order valence-electron chi connectivity index (χ0n) is 14.5. The molecule has 0 radical (unpaired) electrons. The fourth-order valence-corrected chi connectivity index (χ4v) is 3.66. The summed E-state index contributed by atoms with van der Waals surface area (Å²) < 4.78 is 0. The van der Waals surface area contributed by atoms with Crippen molar-refractivity contribution in [1.82, 2.24) is 9.88 Å². The van der Waals surface area contributed by atoms with Gasteiger partial charge in [0.25, 0.3) is 0 Å². The van der Waals surface area contributed by atoms with Gasteiger partial charge in [0.2, 0.25) is 5.91 Å². The van der Waals surface area contributed by atoms with Crippen molar-refractivity contribution < 1.29 is 4.79 Å². The van der Waals surface area contributed by atoms with E-state index >= 15 is 0 Å². The summed E-state index contributed by atoms with van der Waals surface area (Å²) in [6.07, 6.45) is 2.18. The Bertz CT molecular complexity index is 730. The lowest BCUT2D eigenvalue weighted by Crippen LogP contribution is -2.24. The van der Waals surface area contributed by atoms with Crippen molar-refractivity contribution in [3.05, 3.63) is 38.8 Å². The van der Waals surface area contributed by atoms with E-state index in [1.165, 1.54) is 18.3 Å². The molecule has 0 saturated carbocycles. The first-order chi connectivity index (χ1) is 11.5. The molecule has 1 amide bonds. The second-order valence-electron chi connectivity index (χ2n) is 5.85. The van der Waals surface area contributed by atoms with E-state index in [4.69, 9.17) is 0 Å². The van der Waals surface area contributed by atoms with Crippen LogP contribution in [0.15, 0.2) is 29.1 Å². The number of H-pyrrole nitrogens is 1. The lowest BCUT2D eigenvalue weighted by Gasteiger charge is -2.20. The topological polar surface area (TPSA) is 65.2 Å². The highest BCUT2D eigenvalue weighted by Crippen LogP contribution is 2.27. The van der Waals surface area contributed by atoms with Crippen molar-refractivity contribution in [3.8, 4) is 11.3 Å². The number of carbonyl (C=O) groups is 1. The normalized spacial score (nSPS) is 11.0. The highest BCUT2D eigenvalue weighted by molar-refractivity contribution is 7.09. The summed E-state index contributed by atoms with van der Waals surface area (Å²) in [6.45, 7) is 8.62. The average Bonchev–Trinajstić information content (AvgIpc) is 2.88. The number of hydrogen-bond donors (Lipinski definition) is 2. The molecule has 0 aliphatic heterocycles. The molecule has 1 heterocycles. The maximum atomic E-state index is 11.9. The van der Waals surface area contributed by atoms with Crippen LogP contribution in [-0.4, -0.2) is 28.9 Å². The Kier molecular flexibility index (Phi) is 6.75. The van der Waals surface area contributed by atoms with E-state index < -0.39 is 0 Å². The SMILES string of the molecule is CCCN(CCC)Cc1sc(=O)[nH]c1-c1cccc(NC(C)=O)c1. The van der Waals surface area contributed by atoms with Gasteiger partial charge in [-0.3, -0.25) is 14.5 Å². The molecule has 0 saturated heterocycles.